The van der Waals surface area contributed by atoms with Gasteiger partial charge in [0.1, 0.15) is 0 Å². The monoisotopic (exact) mass is 494 g/mol. The molecule has 2 aromatic carbocycles. The number of benzene rings is 2. The van der Waals surface area contributed by atoms with Crippen molar-refractivity contribution in [1.82, 2.24) is 0 Å². The van der Waals surface area contributed by atoms with Crippen LogP contribution in [-0.2, 0) is 40.1 Å². The van der Waals surface area contributed by atoms with E-state index >= 15 is 0 Å². The number of aryl methyl sites for hydroxylation is 4. The topological polar surface area (TPSA) is 0 Å². The van der Waals surface area contributed by atoms with E-state index in [2.05, 4.69) is 52.0 Å². The first-order chi connectivity index (χ1) is 13.5. The maximum atomic E-state index is 4.93. The maximum absolute atomic E-state index is 4.93. The van der Waals surface area contributed by atoms with Crippen LogP contribution in [0.1, 0.15) is 85.8 Å². The zero-order valence-electron chi connectivity index (χ0n) is 17.9. The molecule has 0 aliphatic heterocycles. The predicted molar refractivity (Wildman–Crippen MR) is 122 cm³/mol. The number of fused-ring (bicyclic) bond motifs is 3. The van der Waals surface area contributed by atoms with Crippen molar-refractivity contribution in [3.63, 3.8) is 0 Å². The summed E-state index contributed by atoms with van der Waals surface area (Å²) in [7, 11) is 9.87. The SMILES string of the molecule is CCCCCc1cc2c(cc1C)Cc1cc(C)c(CCCCC)cc1-2.[Cl][Zr][Cl]. The van der Waals surface area contributed by atoms with Crippen LogP contribution in [0.15, 0.2) is 24.3 Å². The molecule has 0 bridgehead atoms. The van der Waals surface area contributed by atoms with E-state index in [9.17, 15) is 0 Å². The molecule has 0 aromatic heterocycles. The molecule has 2 aromatic rings. The molecule has 0 heterocycles. The molecule has 0 unspecified atom stereocenters. The van der Waals surface area contributed by atoms with E-state index in [1.807, 2.05) is 0 Å². The Balaban J connectivity index is 0.000000878. The molecule has 152 valence electrons. The summed E-state index contributed by atoms with van der Waals surface area (Å²) in [5, 5.41) is 0. The molecule has 28 heavy (non-hydrogen) atoms. The third-order valence-electron chi connectivity index (χ3n) is 5.89. The van der Waals surface area contributed by atoms with Crippen LogP contribution in [0, 0.1) is 13.8 Å². The van der Waals surface area contributed by atoms with Gasteiger partial charge in [-0.2, -0.15) is 0 Å². The predicted octanol–water partition coefficient (Wildman–Crippen LogP) is 8.72. The summed E-state index contributed by atoms with van der Waals surface area (Å²) in [6.45, 7) is 9.17. The summed E-state index contributed by atoms with van der Waals surface area (Å²) in [5.41, 5.74) is 12.2. The van der Waals surface area contributed by atoms with Gasteiger partial charge in [0, 0.05) is 0 Å². The number of hydrogen-bond donors (Lipinski definition) is 0. The molecule has 0 N–H and O–H groups in total. The van der Waals surface area contributed by atoms with E-state index in [4.69, 9.17) is 17.0 Å². The summed E-state index contributed by atoms with van der Waals surface area (Å²) >= 11 is -0.826. The molecule has 0 nitrogen and oxygen atoms in total. The molecule has 0 radical (unpaired) electrons. The Kier molecular flexibility index (Phi) is 10.8. The Morgan fingerprint density at radius 1 is 0.714 bits per heavy atom. The summed E-state index contributed by atoms with van der Waals surface area (Å²) < 4.78 is 0. The second kappa shape index (κ2) is 12.6. The fourth-order valence-electron chi connectivity index (χ4n) is 4.29. The van der Waals surface area contributed by atoms with Gasteiger partial charge in [-0.15, -0.1) is 0 Å². The van der Waals surface area contributed by atoms with Crippen LogP contribution >= 0.6 is 17.0 Å². The van der Waals surface area contributed by atoms with E-state index in [-0.39, 0.29) is 0 Å². The van der Waals surface area contributed by atoms with Gasteiger partial charge in [-0.25, -0.2) is 0 Å². The first-order valence-electron chi connectivity index (χ1n) is 10.8. The van der Waals surface area contributed by atoms with Gasteiger partial charge in [0.05, 0.1) is 0 Å². The van der Waals surface area contributed by atoms with Crippen LogP contribution in [0.3, 0.4) is 0 Å². The zero-order chi connectivity index (χ0) is 20.5. The number of halogens is 2. The summed E-state index contributed by atoms with van der Waals surface area (Å²) in [6.07, 6.45) is 11.5. The summed E-state index contributed by atoms with van der Waals surface area (Å²) in [5.74, 6) is 0. The standard InChI is InChI=1S/C25H34.2ClH.Zr/c1-5-7-9-11-20-16-24-22(13-18(20)3)15-23-14-19(4)21(17-25(23)24)12-10-8-6-2;;;/h13-14,16-17H,5-12,15H2,1-4H3;2*1H;/q;;;+2/p-2. The van der Waals surface area contributed by atoms with Crippen LogP contribution in [0.2, 0.25) is 0 Å². The fraction of sp³-hybridized carbons (Fsp3) is 0.520. The van der Waals surface area contributed by atoms with Gasteiger partial charge < -0.3 is 0 Å². The quantitative estimate of drug-likeness (QED) is 0.274. The van der Waals surface area contributed by atoms with E-state index in [1.54, 1.807) is 11.1 Å². The molecule has 0 saturated carbocycles. The van der Waals surface area contributed by atoms with Gasteiger partial charge in [-0.05, 0) is 90.5 Å². The second-order valence-corrected chi connectivity index (χ2v) is 11.8. The average Bonchev–Trinajstić information content (AvgIpc) is 2.99. The van der Waals surface area contributed by atoms with Gasteiger partial charge in [0.15, 0.2) is 0 Å². The summed E-state index contributed by atoms with van der Waals surface area (Å²) in [6, 6.07) is 9.94. The van der Waals surface area contributed by atoms with E-state index in [0.29, 0.717) is 0 Å². The Morgan fingerprint density at radius 2 is 1.11 bits per heavy atom. The van der Waals surface area contributed by atoms with Gasteiger partial charge in [0.25, 0.3) is 0 Å². The van der Waals surface area contributed by atoms with Gasteiger partial charge in [-0.3, -0.25) is 0 Å². The van der Waals surface area contributed by atoms with Crippen LogP contribution in [0.5, 0.6) is 0 Å². The molecule has 0 spiro atoms. The van der Waals surface area contributed by atoms with Crippen LogP contribution in [-0.4, -0.2) is 0 Å². The first kappa shape index (κ1) is 24.2. The van der Waals surface area contributed by atoms with Crippen LogP contribution in [0.25, 0.3) is 11.1 Å². The fourth-order valence-corrected chi connectivity index (χ4v) is 4.29. The van der Waals surface area contributed by atoms with Crippen LogP contribution < -0.4 is 0 Å². The van der Waals surface area contributed by atoms with Crippen LogP contribution in [0.4, 0.5) is 0 Å². The Morgan fingerprint density at radius 3 is 1.46 bits per heavy atom. The molecule has 1 aliphatic carbocycles. The zero-order valence-corrected chi connectivity index (χ0v) is 21.9. The normalized spacial score (nSPS) is 11.5. The molecule has 0 amide bonds. The minimum atomic E-state index is -0.826. The molecule has 1 aliphatic rings. The molecular formula is C25H34Cl2Zr. The third kappa shape index (κ3) is 6.45. The van der Waals surface area contributed by atoms with Crippen molar-refractivity contribution < 1.29 is 20.8 Å². The molecule has 0 atom stereocenters. The Labute approximate surface area is 191 Å². The molecule has 3 heteroatoms. The van der Waals surface area contributed by atoms with Crippen molar-refractivity contribution in [1.29, 1.82) is 0 Å². The van der Waals surface area contributed by atoms with E-state index in [1.165, 1.54) is 84.7 Å². The van der Waals surface area contributed by atoms with Crippen molar-refractivity contribution in [2.75, 3.05) is 0 Å². The van der Waals surface area contributed by atoms with Crippen molar-refractivity contribution in [2.45, 2.75) is 85.5 Å². The molecule has 0 fully saturated rings. The van der Waals surface area contributed by atoms with E-state index < -0.39 is 20.8 Å². The second-order valence-electron chi connectivity index (χ2n) is 8.03. The number of hydrogen-bond acceptors (Lipinski definition) is 0. The van der Waals surface area contributed by atoms with Crippen molar-refractivity contribution in [3.05, 3.63) is 57.6 Å². The van der Waals surface area contributed by atoms with Crippen molar-refractivity contribution >= 4 is 17.0 Å². The van der Waals surface area contributed by atoms with Gasteiger partial charge in [-0.1, -0.05) is 63.8 Å². The Bertz CT molecular complexity index is 704. The summed E-state index contributed by atoms with van der Waals surface area (Å²) in [4.78, 5) is 0. The number of rotatable bonds is 8. The van der Waals surface area contributed by atoms with Gasteiger partial charge >= 0.3 is 37.9 Å². The molecule has 3 rings (SSSR count). The van der Waals surface area contributed by atoms with Gasteiger partial charge in [0.2, 0.25) is 0 Å². The number of unbranched alkanes of at least 4 members (excludes halogenated alkanes) is 4. The van der Waals surface area contributed by atoms with E-state index in [0.717, 1.165) is 6.42 Å². The average molecular weight is 497 g/mol. The van der Waals surface area contributed by atoms with Crippen molar-refractivity contribution in [3.8, 4) is 11.1 Å². The molecule has 0 saturated heterocycles. The first-order valence-corrected chi connectivity index (χ1v) is 17.1. The third-order valence-corrected chi connectivity index (χ3v) is 5.89. The Hall–Kier alpha value is -0.0969. The molecular weight excluding hydrogens is 462 g/mol. The van der Waals surface area contributed by atoms with Crippen molar-refractivity contribution in [2.24, 2.45) is 0 Å². The minimum absolute atomic E-state index is 0.826.